The molecule has 0 radical (unpaired) electrons. The van der Waals surface area contributed by atoms with E-state index in [-0.39, 0.29) is 30.1 Å². The van der Waals surface area contributed by atoms with Crippen molar-refractivity contribution >= 4 is 58.1 Å². The molecule has 0 saturated carbocycles. The molecule has 1 aliphatic rings. The largest absolute Gasteiger partial charge is 0.353 e. The number of thioether (sulfide) groups is 1. The van der Waals surface area contributed by atoms with Crippen LogP contribution in [-0.2, 0) is 9.59 Å². The van der Waals surface area contributed by atoms with Crippen molar-refractivity contribution in [3.63, 3.8) is 0 Å². The van der Waals surface area contributed by atoms with Gasteiger partial charge >= 0.3 is 0 Å². The second-order valence-electron chi connectivity index (χ2n) is 4.34. The summed E-state index contributed by atoms with van der Waals surface area (Å²) in [5, 5.41) is 2.64. The average molecular weight is 359 g/mol. The number of carbonyl (C=O) groups is 3. The molecule has 1 aromatic carbocycles. The maximum absolute atomic E-state index is 12.2. The molecule has 0 atom stereocenters. The fourth-order valence-electron chi connectivity index (χ4n) is 1.78. The molecule has 22 heavy (non-hydrogen) atoms. The highest BCUT2D eigenvalue weighted by Crippen LogP contribution is 2.33. The Labute approximate surface area is 141 Å². The van der Waals surface area contributed by atoms with Gasteiger partial charge in [-0.2, -0.15) is 0 Å². The van der Waals surface area contributed by atoms with Crippen LogP contribution < -0.4 is 5.32 Å². The highest BCUT2D eigenvalue weighted by Gasteiger charge is 2.34. The summed E-state index contributed by atoms with van der Waals surface area (Å²) in [6, 6.07) is 7.05. The van der Waals surface area contributed by atoms with Crippen LogP contribution in [0.2, 0.25) is 5.02 Å². The number of benzene rings is 1. The molecule has 1 N–H and O–H groups in total. The maximum Gasteiger partial charge on any atom is 0.293 e. The predicted molar refractivity (Wildman–Crippen MR) is 87.9 cm³/mol. The topological polar surface area (TPSA) is 66.5 Å². The van der Waals surface area contributed by atoms with Crippen molar-refractivity contribution in [3.8, 4) is 0 Å². The van der Waals surface area contributed by atoms with Gasteiger partial charge in [0, 0.05) is 18.1 Å². The lowest BCUT2D eigenvalue weighted by atomic mass is 10.2. The Morgan fingerprint density at radius 1 is 1.32 bits per heavy atom. The minimum Gasteiger partial charge on any atom is -0.353 e. The lowest BCUT2D eigenvalue weighted by molar-refractivity contribution is -0.123. The Balaban J connectivity index is 2.05. The predicted octanol–water partition coefficient (Wildman–Crippen LogP) is 2.73. The Morgan fingerprint density at radius 3 is 2.73 bits per heavy atom. The average Bonchev–Trinajstić information content (AvgIpc) is 2.76. The van der Waals surface area contributed by atoms with E-state index in [4.69, 9.17) is 23.2 Å². The molecule has 3 amide bonds. The van der Waals surface area contributed by atoms with Gasteiger partial charge in [-0.15, -0.1) is 11.6 Å². The summed E-state index contributed by atoms with van der Waals surface area (Å²) in [6.45, 7) is 0.274. The summed E-state index contributed by atoms with van der Waals surface area (Å²) < 4.78 is 0. The molecule has 0 bridgehead atoms. The molecular weight excluding hydrogens is 347 g/mol. The van der Waals surface area contributed by atoms with Gasteiger partial charge in [0.1, 0.15) is 5.88 Å². The van der Waals surface area contributed by atoms with Gasteiger partial charge in [0.15, 0.2) is 0 Å². The molecule has 2 rings (SSSR count). The molecule has 1 aliphatic heterocycles. The number of hydrogen-bond donors (Lipinski definition) is 1. The van der Waals surface area contributed by atoms with Gasteiger partial charge < -0.3 is 5.32 Å². The monoisotopic (exact) mass is 358 g/mol. The standard InChI is InChI=1S/C14H12Cl2N2O3S/c15-8-12(19)17-5-6-18-13(20)11(22-14(18)21)7-9-3-1-2-4-10(9)16/h1-4,7H,5-6,8H2,(H,17,19). The number of amides is 3. The number of imide groups is 1. The molecule has 0 spiro atoms. The summed E-state index contributed by atoms with van der Waals surface area (Å²) in [4.78, 5) is 36.5. The number of halogens is 2. The van der Waals surface area contributed by atoms with Crippen LogP contribution in [0, 0.1) is 0 Å². The minimum atomic E-state index is -0.393. The van der Waals surface area contributed by atoms with E-state index in [1.54, 1.807) is 30.3 Å². The first-order valence-electron chi connectivity index (χ1n) is 6.35. The van der Waals surface area contributed by atoms with Crippen LogP contribution in [0.25, 0.3) is 6.08 Å². The molecule has 1 fully saturated rings. The van der Waals surface area contributed by atoms with Crippen LogP contribution in [-0.4, -0.2) is 40.9 Å². The summed E-state index contributed by atoms with van der Waals surface area (Å²) >= 11 is 12.2. The zero-order chi connectivity index (χ0) is 16.1. The molecule has 0 aromatic heterocycles. The Morgan fingerprint density at radius 2 is 2.05 bits per heavy atom. The summed E-state index contributed by atoms with van der Waals surface area (Å²) in [5.74, 6) is -0.899. The van der Waals surface area contributed by atoms with Crippen LogP contribution in [0.3, 0.4) is 0 Å². The van der Waals surface area contributed by atoms with E-state index in [2.05, 4.69) is 5.32 Å². The Kier molecular flexibility index (Phi) is 5.88. The minimum absolute atomic E-state index is 0.104. The molecule has 0 unspecified atom stereocenters. The summed E-state index contributed by atoms with van der Waals surface area (Å²) in [5.41, 5.74) is 0.671. The fourth-order valence-corrected chi connectivity index (χ4v) is 2.92. The zero-order valence-electron chi connectivity index (χ0n) is 11.3. The number of hydrogen-bond acceptors (Lipinski definition) is 4. The number of rotatable bonds is 5. The second kappa shape index (κ2) is 7.67. The van der Waals surface area contributed by atoms with Crippen molar-refractivity contribution in [1.29, 1.82) is 0 Å². The fraction of sp³-hybridized carbons (Fsp3) is 0.214. The number of alkyl halides is 1. The first kappa shape index (κ1) is 16.9. The summed E-state index contributed by atoms with van der Waals surface area (Å²) in [6.07, 6.45) is 1.59. The van der Waals surface area contributed by atoms with E-state index >= 15 is 0 Å². The molecule has 1 aromatic rings. The Bertz CT molecular complexity index is 649. The van der Waals surface area contributed by atoms with Gasteiger partial charge in [-0.25, -0.2) is 0 Å². The van der Waals surface area contributed by atoms with Crippen molar-refractivity contribution in [1.82, 2.24) is 10.2 Å². The van der Waals surface area contributed by atoms with Gasteiger partial charge in [0.25, 0.3) is 11.1 Å². The van der Waals surface area contributed by atoms with E-state index in [0.29, 0.717) is 15.5 Å². The van der Waals surface area contributed by atoms with Crippen LogP contribution in [0.15, 0.2) is 29.2 Å². The molecular formula is C14H12Cl2N2O3S. The van der Waals surface area contributed by atoms with Gasteiger partial charge in [0.2, 0.25) is 5.91 Å². The van der Waals surface area contributed by atoms with Crippen LogP contribution in [0.1, 0.15) is 5.56 Å². The number of carbonyl (C=O) groups excluding carboxylic acids is 3. The number of nitrogens with one attached hydrogen (secondary N) is 1. The molecule has 0 aliphatic carbocycles. The van der Waals surface area contributed by atoms with Crippen LogP contribution in [0.4, 0.5) is 4.79 Å². The second-order valence-corrected chi connectivity index (χ2v) is 6.01. The first-order chi connectivity index (χ1) is 10.5. The van der Waals surface area contributed by atoms with Crippen LogP contribution in [0.5, 0.6) is 0 Å². The van der Waals surface area contributed by atoms with Gasteiger partial charge in [0.05, 0.1) is 4.91 Å². The van der Waals surface area contributed by atoms with E-state index in [1.165, 1.54) is 0 Å². The summed E-state index contributed by atoms with van der Waals surface area (Å²) in [7, 11) is 0. The SMILES string of the molecule is O=C(CCl)NCCN1C(=O)SC(=Cc2ccccc2Cl)C1=O. The van der Waals surface area contributed by atoms with Crippen molar-refractivity contribution < 1.29 is 14.4 Å². The molecule has 8 heteroatoms. The molecule has 1 saturated heterocycles. The number of nitrogens with zero attached hydrogens (tertiary/aromatic N) is 1. The lowest BCUT2D eigenvalue weighted by Crippen LogP contribution is -2.37. The first-order valence-corrected chi connectivity index (χ1v) is 8.08. The van der Waals surface area contributed by atoms with Crippen molar-refractivity contribution in [2.24, 2.45) is 0 Å². The van der Waals surface area contributed by atoms with Crippen molar-refractivity contribution in [2.45, 2.75) is 0 Å². The van der Waals surface area contributed by atoms with Crippen LogP contribution >= 0.6 is 35.0 Å². The maximum atomic E-state index is 12.2. The third kappa shape index (κ3) is 4.03. The van der Waals surface area contributed by atoms with E-state index in [9.17, 15) is 14.4 Å². The van der Waals surface area contributed by atoms with Gasteiger partial charge in [-0.05, 0) is 29.5 Å². The Hall–Kier alpha value is -1.50. The third-order valence-corrected chi connectivity index (χ3v) is 4.34. The lowest BCUT2D eigenvalue weighted by Gasteiger charge is -2.12. The molecule has 116 valence electrons. The van der Waals surface area contributed by atoms with Crippen molar-refractivity contribution in [2.75, 3.05) is 19.0 Å². The quantitative estimate of drug-likeness (QED) is 0.649. The zero-order valence-corrected chi connectivity index (χ0v) is 13.7. The smallest absolute Gasteiger partial charge is 0.293 e. The van der Waals surface area contributed by atoms with E-state index < -0.39 is 5.91 Å². The highest BCUT2D eigenvalue weighted by atomic mass is 35.5. The van der Waals surface area contributed by atoms with E-state index in [0.717, 1.165) is 16.7 Å². The highest BCUT2D eigenvalue weighted by molar-refractivity contribution is 8.18. The molecule has 1 heterocycles. The van der Waals surface area contributed by atoms with Gasteiger partial charge in [-0.1, -0.05) is 29.8 Å². The third-order valence-electron chi connectivity index (χ3n) is 2.84. The van der Waals surface area contributed by atoms with E-state index in [1.807, 2.05) is 0 Å². The molecule has 5 nitrogen and oxygen atoms in total. The van der Waals surface area contributed by atoms with Crippen molar-refractivity contribution in [3.05, 3.63) is 39.8 Å². The van der Waals surface area contributed by atoms with Gasteiger partial charge in [-0.3, -0.25) is 19.3 Å². The normalized spacial score (nSPS) is 16.5.